The molecule has 0 aliphatic carbocycles. The van der Waals surface area contributed by atoms with Gasteiger partial charge < -0.3 is 25.5 Å². The summed E-state index contributed by atoms with van der Waals surface area (Å²) in [6.45, 7) is 6.37. The Balaban J connectivity index is 1.80. The molecule has 7 heteroatoms. The monoisotopic (exact) mass is 321 g/mol. The van der Waals surface area contributed by atoms with Crippen molar-refractivity contribution in [2.75, 3.05) is 44.7 Å². The number of aliphatic hydroxyl groups is 1. The van der Waals surface area contributed by atoms with Crippen molar-refractivity contribution in [1.82, 2.24) is 20.5 Å². The van der Waals surface area contributed by atoms with Gasteiger partial charge in [0.25, 0.3) is 0 Å². The van der Waals surface area contributed by atoms with Crippen LogP contribution in [0.1, 0.15) is 18.9 Å². The molecule has 1 aromatic heterocycles. The van der Waals surface area contributed by atoms with E-state index >= 15 is 0 Å². The van der Waals surface area contributed by atoms with Crippen molar-refractivity contribution in [3.63, 3.8) is 0 Å². The molecule has 1 fully saturated rings. The molecule has 1 atom stereocenters. The van der Waals surface area contributed by atoms with Crippen molar-refractivity contribution in [2.45, 2.75) is 25.9 Å². The maximum Gasteiger partial charge on any atom is 0.315 e. The first-order chi connectivity index (χ1) is 11.1. The van der Waals surface area contributed by atoms with Crippen LogP contribution in [-0.4, -0.2) is 66.9 Å². The highest BCUT2D eigenvalue weighted by molar-refractivity contribution is 5.74. The van der Waals surface area contributed by atoms with Crippen molar-refractivity contribution >= 4 is 11.8 Å². The Hall–Kier alpha value is -1.86. The van der Waals surface area contributed by atoms with Crippen LogP contribution in [0.3, 0.4) is 0 Å². The quantitative estimate of drug-likeness (QED) is 0.707. The molecule has 3 N–H and O–H groups in total. The largest absolute Gasteiger partial charge is 0.394 e. The molecule has 1 aliphatic heterocycles. The molecule has 1 unspecified atom stereocenters. The van der Waals surface area contributed by atoms with Gasteiger partial charge in [-0.1, -0.05) is 13.0 Å². The Morgan fingerprint density at radius 1 is 1.35 bits per heavy atom. The van der Waals surface area contributed by atoms with Crippen molar-refractivity contribution in [1.29, 1.82) is 0 Å². The van der Waals surface area contributed by atoms with Gasteiger partial charge in [0.2, 0.25) is 0 Å². The molecule has 23 heavy (non-hydrogen) atoms. The minimum Gasteiger partial charge on any atom is -0.394 e. The lowest BCUT2D eigenvalue weighted by atomic mass is 10.2. The van der Waals surface area contributed by atoms with E-state index in [2.05, 4.69) is 32.5 Å². The van der Waals surface area contributed by atoms with Crippen molar-refractivity contribution < 1.29 is 9.90 Å². The number of likely N-dealkylation sites (N-methyl/N-ethyl adjacent to an activating group) is 1. The number of carbonyl (C=O) groups is 1. The van der Waals surface area contributed by atoms with E-state index in [1.165, 1.54) is 0 Å². The third-order valence-corrected chi connectivity index (χ3v) is 4.14. The molecule has 1 aliphatic rings. The van der Waals surface area contributed by atoms with Crippen LogP contribution in [0, 0.1) is 0 Å². The summed E-state index contributed by atoms with van der Waals surface area (Å²) < 4.78 is 0. The van der Waals surface area contributed by atoms with Crippen LogP contribution in [0.25, 0.3) is 0 Å². The summed E-state index contributed by atoms with van der Waals surface area (Å²) in [5.74, 6) is 0.984. The number of nitrogens with one attached hydrogen (secondary N) is 2. The van der Waals surface area contributed by atoms with Gasteiger partial charge in [-0.05, 0) is 25.1 Å². The molecular formula is C16H27N5O2. The lowest BCUT2D eigenvalue weighted by Gasteiger charge is -2.33. The first-order valence-corrected chi connectivity index (χ1v) is 8.16. The van der Waals surface area contributed by atoms with E-state index in [0.717, 1.165) is 37.6 Å². The fraction of sp³-hybridized carbons (Fsp3) is 0.625. The number of aromatic nitrogens is 1. The topological polar surface area (TPSA) is 80.7 Å². The van der Waals surface area contributed by atoms with Gasteiger partial charge in [-0.2, -0.15) is 0 Å². The molecule has 2 rings (SSSR count). The second kappa shape index (κ2) is 8.69. The third kappa shape index (κ3) is 5.37. The summed E-state index contributed by atoms with van der Waals surface area (Å²) in [7, 11) is 2.13. The third-order valence-electron chi connectivity index (χ3n) is 4.14. The molecule has 0 radical (unpaired) electrons. The summed E-state index contributed by atoms with van der Waals surface area (Å²) in [5.41, 5.74) is 0.954. The SMILES string of the molecule is CCC(CO)NC(=O)NCc1ccc(N2CCN(C)CC2)nc1. The standard InChI is InChI=1S/C16H27N5O2/c1-3-14(12-22)19-16(23)18-11-13-4-5-15(17-10-13)21-8-6-20(2)7-9-21/h4-5,10,14,22H,3,6-9,11-12H2,1-2H3,(H2,18,19,23). The minimum atomic E-state index is -0.269. The summed E-state index contributed by atoms with van der Waals surface area (Å²) in [5, 5.41) is 14.6. The number of pyridine rings is 1. The average molecular weight is 321 g/mol. The number of amides is 2. The van der Waals surface area contributed by atoms with Gasteiger partial charge in [0, 0.05) is 38.9 Å². The molecule has 1 saturated heterocycles. The van der Waals surface area contributed by atoms with Crippen molar-refractivity contribution in [2.24, 2.45) is 0 Å². The molecule has 1 aromatic rings. The van der Waals surface area contributed by atoms with E-state index in [1.54, 1.807) is 6.20 Å². The summed E-state index contributed by atoms with van der Waals surface area (Å²) >= 11 is 0. The average Bonchev–Trinajstić information content (AvgIpc) is 2.59. The van der Waals surface area contributed by atoms with Gasteiger partial charge in [-0.15, -0.1) is 0 Å². The lowest BCUT2D eigenvalue weighted by molar-refractivity contribution is 0.214. The maximum atomic E-state index is 11.7. The maximum absolute atomic E-state index is 11.7. The molecule has 7 nitrogen and oxygen atoms in total. The Morgan fingerprint density at radius 3 is 2.65 bits per heavy atom. The highest BCUT2D eigenvalue weighted by atomic mass is 16.3. The number of anilines is 1. The van der Waals surface area contributed by atoms with Gasteiger partial charge in [0.05, 0.1) is 12.6 Å². The Bertz CT molecular complexity index is 482. The number of nitrogens with zero attached hydrogens (tertiary/aromatic N) is 3. The van der Waals surface area contributed by atoms with Gasteiger partial charge in [0.1, 0.15) is 5.82 Å². The molecule has 0 saturated carbocycles. The predicted octanol–water partition coefficient (Wildman–Crippen LogP) is 0.404. The number of carbonyl (C=O) groups excluding carboxylic acids is 1. The zero-order valence-corrected chi connectivity index (χ0v) is 14.0. The molecule has 0 aromatic carbocycles. The first-order valence-electron chi connectivity index (χ1n) is 8.16. The fourth-order valence-corrected chi connectivity index (χ4v) is 2.44. The van der Waals surface area contributed by atoms with Crippen LogP contribution < -0.4 is 15.5 Å². The number of rotatable bonds is 6. The highest BCUT2D eigenvalue weighted by Gasteiger charge is 2.15. The van der Waals surface area contributed by atoms with E-state index < -0.39 is 0 Å². The predicted molar refractivity (Wildman–Crippen MR) is 90.5 cm³/mol. The number of piperazine rings is 1. The van der Waals surface area contributed by atoms with Crippen LogP contribution in [0.15, 0.2) is 18.3 Å². The second-order valence-corrected chi connectivity index (χ2v) is 5.93. The van der Waals surface area contributed by atoms with E-state index in [-0.39, 0.29) is 18.7 Å². The van der Waals surface area contributed by atoms with Crippen LogP contribution >= 0.6 is 0 Å². The van der Waals surface area contributed by atoms with Gasteiger partial charge in [-0.3, -0.25) is 0 Å². The molecule has 2 amide bonds. The number of hydrogen-bond acceptors (Lipinski definition) is 5. The summed E-state index contributed by atoms with van der Waals surface area (Å²) in [4.78, 5) is 20.8. The second-order valence-electron chi connectivity index (χ2n) is 5.93. The molecule has 2 heterocycles. The zero-order chi connectivity index (χ0) is 16.7. The molecule has 0 bridgehead atoms. The molecule has 128 valence electrons. The van der Waals surface area contributed by atoms with Gasteiger partial charge >= 0.3 is 6.03 Å². The first kappa shape index (κ1) is 17.5. The van der Waals surface area contributed by atoms with Gasteiger partial charge in [-0.25, -0.2) is 9.78 Å². The number of aliphatic hydroxyl groups excluding tert-OH is 1. The molecular weight excluding hydrogens is 294 g/mol. The van der Waals surface area contributed by atoms with E-state index in [1.807, 2.05) is 19.1 Å². The van der Waals surface area contributed by atoms with Gasteiger partial charge in [0.15, 0.2) is 0 Å². The summed E-state index contributed by atoms with van der Waals surface area (Å²) in [6, 6.07) is 3.52. The minimum absolute atomic E-state index is 0.0504. The van der Waals surface area contributed by atoms with E-state index in [4.69, 9.17) is 5.11 Å². The highest BCUT2D eigenvalue weighted by Crippen LogP contribution is 2.13. The molecule has 0 spiro atoms. The number of hydrogen-bond donors (Lipinski definition) is 3. The summed E-state index contributed by atoms with van der Waals surface area (Å²) in [6.07, 6.45) is 2.50. The fourth-order valence-electron chi connectivity index (χ4n) is 2.44. The van der Waals surface area contributed by atoms with Crippen LogP contribution in [0.5, 0.6) is 0 Å². The van der Waals surface area contributed by atoms with E-state index in [9.17, 15) is 4.79 Å². The zero-order valence-electron chi connectivity index (χ0n) is 14.0. The smallest absolute Gasteiger partial charge is 0.315 e. The van der Waals surface area contributed by atoms with Crippen LogP contribution in [0.4, 0.5) is 10.6 Å². The Labute approximate surface area is 137 Å². The Morgan fingerprint density at radius 2 is 2.09 bits per heavy atom. The van der Waals surface area contributed by atoms with Crippen molar-refractivity contribution in [3.8, 4) is 0 Å². The van der Waals surface area contributed by atoms with Crippen LogP contribution in [-0.2, 0) is 6.54 Å². The van der Waals surface area contributed by atoms with E-state index in [0.29, 0.717) is 13.0 Å². The van der Waals surface area contributed by atoms with Crippen molar-refractivity contribution in [3.05, 3.63) is 23.9 Å². The van der Waals surface area contributed by atoms with Crippen LogP contribution in [0.2, 0.25) is 0 Å². The number of urea groups is 1. The Kier molecular flexibility index (Phi) is 6.61. The lowest BCUT2D eigenvalue weighted by Crippen LogP contribution is -2.44. The normalized spacial score (nSPS) is 16.9.